The van der Waals surface area contributed by atoms with Gasteiger partial charge in [-0.05, 0) is 51.0 Å². The first-order valence-corrected chi connectivity index (χ1v) is 11.8. The highest BCUT2D eigenvalue weighted by molar-refractivity contribution is 8.00. The number of thioether (sulfide) groups is 1. The van der Waals surface area contributed by atoms with Crippen LogP contribution in [0.2, 0.25) is 0 Å². The first kappa shape index (κ1) is 19.0. The van der Waals surface area contributed by atoms with E-state index in [1.54, 1.807) is 11.3 Å². The number of thiophene rings is 1. The lowest BCUT2D eigenvalue weighted by Crippen LogP contribution is -2.33. The maximum Gasteiger partial charge on any atom is 0.263 e. The third kappa shape index (κ3) is 3.94. The van der Waals surface area contributed by atoms with Crippen molar-refractivity contribution in [2.24, 2.45) is 0 Å². The van der Waals surface area contributed by atoms with Crippen molar-refractivity contribution in [1.29, 1.82) is 0 Å². The summed E-state index contributed by atoms with van der Waals surface area (Å²) < 4.78 is 1.83. The summed E-state index contributed by atoms with van der Waals surface area (Å²) in [5, 5.41) is 4.34. The van der Waals surface area contributed by atoms with Gasteiger partial charge < -0.3 is 5.32 Å². The summed E-state index contributed by atoms with van der Waals surface area (Å²) in [6, 6.07) is 0.350. The molecule has 4 rings (SSSR count). The van der Waals surface area contributed by atoms with Crippen LogP contribution < -0.4 is 10.9 Å². The first-order valence-electron chi connectivity index (χ1n) is 10.1. The van der Waals surface area contributed by atoms with Gasteiger partial charge in [0, 0.05) is 17.5 Å². The third-order valence-corrected chi connectivity index (χ3v) is 7.63. The minimum absolute atomic E-state index is 0.0469. The first-order chi connectivity index (χ1) is 13.1. The van der Waals surface area contributed by atoms with Crippen LogP contribution in [0.15, 0.2) is 9.95 Å². The summed E-state index contributed by atoms with van der Waals surface area (Å²) in [5.74, 6) is 0.0469. The number of carbonyl (C=O) groups excluding carboxylic acids is 1. The number of nitrogens with one attached hydrogen (secondary N) is 1. The molecular weight excluding hydrogens is 378 g/mol. The summed E-state index contributed by atoms with van der Waals surface area (Å²) in [6.07, 6.45) is 8.52. The van der Waals surface area contributed by atoms with E-state index >= 15 is 0 Å². The monoisotopic (exact) mass is 405 g/mol. The van der Waals surface area contributed by atoms with Gasteiger partial charge in [-0.15, -0.1) is 11.3 Å². The molecule has 0 spiro atoms. The zero-order chi connectivity index (χ0) is 19.0. The van der Waals surface area contributed by atoms with Gasteiger partial charge in [-0.25, -0.2) is 4.98 Å². The summed E-state index contributed by atoms with van der Waals surface area (Å²) in [4.78, 5) is 32.8. The molecule has 2 aliphatic carbocycles. The summed E-state index contributed by atoms with van der Waals surface area (Å²) >= 11 is 3.09. The molecule has 0 radical (unpaired) electrons. The van der Waals surface area contributed by atoms with Crippen molar-refractivity contribution in [1.82, 2.24) is 14.9 Å². The van der Waals surface area contributed by atoms with Crippen LogP contribution in [0.4, 0.5) is 0 Å². The molecule has 1 atom stereocenters. The number of aryl methyl sites for hydroxylation is 2. The summed E-state index contributed by atoms with van der Waals surface area (Å²) in [5.41, 5.74) is 1.32. The Kier molecular flexibility index (Phi) is 5.60. The Bertz CT molecular complexity index is 914. The average Bonchev–Trinajstić information content (AvgIpc) is 3.21. The molecule has 0 bridgehead atoms. The van der Waals surface area contributed by atoms with Crippen molar-refractivity contribution in [3.63, 3.8) is 0 Å². The van der Waals surface area contributed by atoms with Crippen molar-refractivity contribution in [2.75, 3.05) is 0 Å². The van der Waals surface area contributed by atoms with Crippen LogP contribution in [0.1, 0.15) is 62.8 Å². The van der Waals surface area contributed by atoms with Crippen molar-refractivity contribution >= 4 is 39.2 Å². The Morgan fingerprint density at radius 2 is 2.19 bits per heavy atom. The Labute approximate surface area is 167 Å². The lowest BCUT2D eigenvalue weighted by molar-refractivity contribution is -0.120. The number of carbonyl (C=O) groups is 1. The fraction of sp³-hybridized carbons (Fsp3) is 0.650. The second-order valence-corrected chi connectivity index (χ2v) is 10.0. The normalized spacial score (nSPS) is 17.3. The van der Waals surface area contributed by atoms with Gasteiger partial charge in [0.25, 0.3) is 5.56 Å². The Morgan fingerprint density at radius 1 is 1.37 bits per heavy atom. The molecular formula is C20H27N3O2S2. The standard InChI is InChI=1S/C20H27N3O2S2/c1-3-4-5-11-23-19(25)16-14-7-6-8-15(14)27-18(16)22-20(23)26-12(2)17(24)21-13-9-10-13/h12-13H,3-11H2,1-2H3,(H,21,24)/t12-/m0/s1. The van der Waals surface area contributed by atoms with E-state index in [0.29, 0.717) is 17.7 Å². The Balaban J connectivity index is 1.67. The molecule has 2 aromatic rings. The van der Waals surface area contributed by atoms with Gasteiger partial charge in [-0.1, -0.05) is 31.5 Å². The molecule has 0 saturated heterocycles. The van der Waals surface area contributed by atoms with Crippen LogP contribution in [0, 0.1) is 0 Å². The predicted molar refractivity (Wildman–Crippen MR) is 112 cm³/mol. The van der Waals surface area contributed by atoms with E-state index in [9.17, 15) is 9.59 Å². The molecule has 27 heavy (non-hydrogen) atoms. The van der Waals surface area contributed by atoms with Crippen LogP contribution in [0.5, 0.6) is 0 Å². The quantitative estimate of drug-likeness (QED) is 0.411. The SMILES string of the molecule is CCCCCn1c(S[C@@H](C)C(=O)NC2CC2)nc2sc3c(c2c1=O)CCC3. The van der Waals surface area contributed by atoms with E-state index in [4.69, 9.17) is 4.98 Å². The molecule has 2 aromatic heterocycles. The molecule has 2 heterocycles. The number of aromatic nitrogens is 2. The van der Waals surface area contributed by atoms with Gasteiger partial charge in [0.2, 0.25) is 5.91 Å². The molecule has 0 aromatic carbocycles. The topological polar surface area (TPSA) is 64.0 Å². The maximum absolute atomic E-state index is 13.3. The van der Waals surface area contributed by atoms with E-state index in [2.05, 4.69) is 12.2 Å². The minimum Gasteiger partial charge on any atom is -0.352 e. The second-order valence-electron chi connectivity index (χ2n) is 7.64. The van der Waals surface area contributed by atoms with Crippen molar-refractivity contribution < 1.29 is 4.79 Å². The molecule has 0 aliphatic heterocycles. The second kappa shape index (κ2) is 7.95. The zero-order valence-electron chi connectivity index (χ0n) is 16.0. The fourth-order valence-corrected chi connectivity index (χ4v) is 5.87. The van der Waals surface area contributed by atoms with Gasteiger partial charge in [0.05, 0.1) is 10.6 Å². The molecule has 146 valence electrons. The largest absolute Gasteiger partial charge is 0.352 e. The van der Waals surface area contributed by atoms with Gasteiger partial charge in [0.1, 0.15) is 4.83 Å². The average molecular weight is 406 g/mol. The van der Waals surface area contributed by atoms with Crippen LogP contribution in [0.25, 0.3) is 10.2 Å². The third-order valence-electron chi connectivity index (χ3n) is 5.35. The maximum atomic E-state index is 13.3. The van der Waals surface area contributed by atoms with E-state index < -0.39 is 0 Å². The number of unbranched alkanes of at least 4 members (excludes halogenated alkanes) is 2. The minimum atomic E-state index is -0.251. The number of hydrogen-bond acceptors (Lipinski definition) is 5. The molecule has 1 N–H and O–H groups in total. The summed E-state index contributed by atoms with van der Waals surface area (Å²) in [7, 11) is 0. The lowest BCUT2D eigenvalue weighted by Gasteiger charge is -2.15. The molecule has 1 fully saturated rings. The van der Waals surface area contributed by atoms with Crippen molar-refractivity contribution in [3.8, 4) is 0 Å². The fourth-order valence-electron chi connectivity index (χ4n) is 3.62. The van der Waals surface area contributed by atoms with E-state index in [0.717, 1.165) is 61.6 Å². The predicted octanol–water partition coefficient (Wildman–Crippen LogP) is 3.90. The zero-order valence-corrected chi connectivity index (χ0v) is 17.7. The highest BCUT2D eigenvalue weighted by atomic mass is 32.2. The number of nitrogens with zero attached hydrogens (tertiary/aromatic N) is 2. The number of amides is 1. The van der Waals surface area contributed by atoms with Gasteiger partial charge in [-0.2, -0.15) is 0 Å². The molecule has 0 unspecified atom stereocenters. The van der Waals surface area contributed by atoms with Gasteiger partial charge in [0.15, 0.2) is 5.16 Å². The van der Waals surface area contributed by atoms with E-state index in [1.165, 1.54) is 22.2 Å². The highest BCUT2D eigenvalue weighted by Crippen LogP contribution is 2.36. The number of hydrogen-bond donors (Lipinski definition) is 1. The van der Waals surface area contributed by atoms with Crippen LogP contribution >= 0.6 is 23.1 Å². The van der Waals surface area contributed by atoms with E-state index in [1.807, 2.05) is 11.5 Å². The summed E-state index contributed by atoms with van der Waals surface area (Å²) in [6.45, 7) is 4.75. The van der Waals surface area contributed by atoms with Crippen molar-refractivity contribution in [3.05, 3.63) is 20.8 Å². The molecule has 5 nitrogen and oxygen atoms in total. The lowest BCUT2D eigenvalue weighted by atomic mass is 10.2. The van der Waals surface area contributed by atoms with Crippen LogP contribution in [0.3, 0.4) is 0 Å². The van der Waals surface area contributed by atoms with E-state index in [-0.39, 0.29) is 16.7 Å². The Morgan fingerprint density at radius 3 is 2.93 bits per heavy atom. The van der Waals surface area contributed by atoms with Gasteiger partial charge in [-0.3, -0.25) is 14.2 Å². The molecule has 1 amide bonds. The van der Waals surface area contributed by atoms with Gasteiger partial charge >= 0.3 is 0 Å². The molecule has 1 saturated carbocycles. The smallest absolute Gasteiger partial charge is 0.263 e. The molecule has 7 heteroatoms. The van der Waals surface area contributed by atoms with Crippen LogP contribution in [-0.2, 0) is 24.2 Å². The number of fused-ring (bicyclic) bond motifs is 3. The number of rotatable bonds is 8. The Hall–Kier alpha value is -1.34. The molecule has 2 aliphatic rings. The highest BCUT2D eigenvalue weighted by Gasteiger charge is 2.28. The van der Waals surface area contributed by atoms with Crippen LogP contribution in [-0.4, -0.2) is 26.8 Å². The van der Waals surface area contributed by atoms with Crippen molar-refractivity contribution in [2.45, 2.75) is 88.2 Å².